The lowest BCUT2D eigenvalue weighted by molar-refractivity contribution is -0.123. The molecule has 1 heterocycles. The number of hydrogen-bond acceptors (Lipinski definition) is 6. The molecule has 2 aromatic carbocycles. The highest BCUT2D eigenvalue weighted by Crippen LogP contribution is 2.30. The van der Waals surface area contributed by atoms with E-state index in [1.165, 1.54) is 11.1 Å². The molecule has 0 aromatic heterocycles. The summed E-state index contributed by atoms with van der Waals surface area (Å²) < 4.78 is 16.0. The molecule has 7 nitrogen and oxygen atoms in total. The summed E-state index contributed by atoms with van der Waals surface area (Å²) >= 11 is 0. The van der Waals surface area contributed by atoms with Crippen LogP contribution in [0, 0.1) is 0 Å². The lowest BCUT2D eigenvalue weighted by atomic mass is 9.96. The van der Waals surface area contributed by atoms with E-state index < -0.39 is 5.91 Å². The summed E-state index contributed by atoms with van der Waals surface area (Å²) in [6.07, 6.45) is 0. The molecule has 0 spiro atoms. The number of primary amides is 1. The first-order chi connectivity index (χ1) is 15.2. The summed E-state index contributed by atoms with van der Waals surface area (Å²) in [5.74, 6) is 0.418. The van der Waals surface area contributed by atoms with E-state index >= 15 is 0 Å². The highest BCUT2D eigenvalue weighted by molar-refractivity contribution is 5.74. The van der Waals surface area contributed by atoms with Gasteiger partial charge in [-0.3, -0.25) is 14.6 Å². The van der Waals surface area contributed by atoms with Gasteiger partial charge in [0.05, 0.1) is 33.0 Å². The van der Waals surface area contributed by atoms with E-state index in [4.69, 9.17) is 19.9 Å². The molecule has 7 heteroatoms. The monoisotopic (exact) mass is 427 g/mol. The van der Waals surface area contributed by atoms with Crippen molar-refractivity contribution in [1.82, 2.24) is 9.80 Å². The molecule has 1 aliphatic heterocycles. The van der Waals surface area contributed by atoms with Crippen LogP contribution in [0.2, 0.25) is 0 Å². The number of nitrogens with zero attached hydrogens (tertiary/aromatic N) is 2. The first kappa shape index (κ1) is 23.2. The van der Waals surface area contributed by atoms with Gasteiger partial charge in [-0.1, -0.05) is 42.5 Å². The molecule has 0 bridgehead atoms. The fourth-order valence-corrected chi connectivity index (χ4v) is 3.87. The van der Waals surface area contributed by atoms with Crippen LogP contribution in [-0.2, 0) is 14.3 Å². The van der Waals surface area contributed by atoms with Crippen LogP contribution in [-0.4, -0.2) is 82.0 Å². The van der Waals surface area contributed by atoms with Gasteiger partial charge in [0.15, 0.2) is 0 Å². The maximum absolute atomic E-state index is 10.6. The van der Waals surface area contributed by atoms with Crippen LogP contribution in [0.4, 0.5) is 0 Å². The standard InChI is InChI=1S/C24H33N3O4/c1-29-22-9-7-21(8-10-22)24(20-5-3-2-4-6-20)27-13-11-26(12-14-27)15-16-30-17-18-31-19-23(25)28/h2-10,24H,11-19H2,1H3,(H2,25,28). The van der Waals surface area contributed by atoms with Crippen LogP contribution in [0.1, 0.15) is 17.2 Å². The van der Waals surface area contributed by atoms with Gasteiger partial charge in [-0.15, -0.1) is 0 Å². The Bertz CT molecular complexity index is 777. The summed E-state index contributed by atoms with van der Waals surface area (Å²) in [6.45, 7) is 6.34. The summed E-state index contributed by atoms with van der Waals surface area (Å²) in [5.41, 5.74) is 7.61. The molecular weight excluding hydrogens is 394 g/mol. The number of nitrogens with two attached hydrogens (primary N) is 1. The molecule has 1 fully saturated rings. The van der Waals surface area contributed by atoms with Crippen LogP contribution >= 0.6 is 0 Å². The molecule has 1 atom stereocenters. The zero-order valence-corrected chi connectivity index (χ0v) is 18.2. The molecule has 31 heavy (non-hydrogen) atoms. The van der Waals surface area contributed by atoms with Gasteiger partial charge in [0.25, 0.3) is 0 Å². The Morgan fingerprint density at radius 2 is 1.55 bits per heavy atom. The quantitative estimate of drug-likeness (QED) is 0.522. The minimum Gasteiger partial charge on any atom is -0.497 e. The van der Waals surface area contributed by atoms with Gasteiger partial charge < -0.3 is 19.9 Å². The van der Waals surface area contributed by atoms with Gasteiger partial charge in [-0.05, 0) is 23.3 Å². The van der Waals surface area contributed by atoms with E-state index in [-0.39, 0.29) is 12.6 Å². The zero-order valence-electron chi connectivity index (χ0n) is 18.2. The lowest BCUT2D eigenvalue weighted by Crippen LogP contribution is -2.48. The largest absolute Gasteiger partial charge is 0.497 e. The molecule has 1 aliphatic rings. The summed E-state index contributed by atoms with van der Waals surface area (Å²) in [7, 11) is 1.70. The third-order valence-electron chi connectivity index (χ3n) is 5.49. The van der Waals surface area contributed by atoms with Crippen molar-refractivity contribution in [2.45, 2.75) is 6.04 Å². The topological polar surface area (TPSA) is 77.3 Å². The third-order valence-corrected chi connectivity index (χ3v) is 5.49. The molecule has 2 N–H and O–H groups in total. The van der Waals surface area contributed by atoms with Crippen molar-refractivity contribution in [3.63, 3.8) is 0 Å². The Labute approximate surface area is 184 Å². The number of carbonyl (C=O) groups excluding carboxylic acids is 1. The number of rotatable bonds is 12. The van der Waals surface area contributed by atoms with Crippen LogP contribution in [0.25, 0.3) is 0 Å². The normalized spacial score (nSPS) is 16.2. The number of benzene rings is 2. The molecule has 168 valence electrons. The number of methoxy groups -OCH3 is 1. The SMILES string of the molecule is COc1ccc(C(c2ccccc2)N2CCN(CCOCCOCC(N)=O)CC2)cc1. The first-order valence-corrected chi connectivity index (χ1v) is 10.8. The van der Waals surface area contributed by atoms with Crippen molar-refractivity contribution in [3.8, 4) is 5.75 Å². The van der Waals surface area contributed by atoms with Crippen molar-refractivity contribution in [2.75, 3.05) is 66.3 Å². The van der Waals surface area contributed by atoms with Gasteiger partial charge in [0.1, 0.15) is 12.4 Å². The Balaban J connectivity index is 1.49. The first-order valence-electron chi connectivity index (χ1n) is 10.8. The maximum Gasteiger partial charge on any atom is 0.243 e. The highest BCUT2D eigenvalue weighted by atomic mass is 16.5. The molecule has 0 radical (unpaired) electrons. The minimum absolute atomic E-state index is 0.0535. The Kier molecular flexibility index (Phi) is 9.30. The lowest BCUT2D eigenvalue weighted by Gasteiger charge is -2.39. The fourth-order valence-electron chi connectivity index (χ4n) is 3.87. The Hall–Kier alpha value is -2.45. The van der Waals surface area contributed by atoms with Gasteiger partial charge in [0.2, 0.25) is 5.91 Å². The number of amides is 1. The van der Waals surface area contributed by atoms with Crippen molar-refractivity contribution in [3.05, 3.63) is 65.7 Å². The second kappa shape index (κ2) is 12.4. The minimum atomic E-state index is -0.457. The molecular formula is C24H33N3O4. The Morgan fingerprint density at radius 1 is 0.903 bits per heavy atom. The average Bonchev–Trinajstić information content (AvgIpc) is 2.80. The van der Waals surface area contributed by atoms with Gasteiger partial charge in [-0.2, -0.15) is 0 Å². The van der Waals surface area contributed by atoms with E-state index in [2.05, 4.69) is 52.3 Å². The van der Waals surface area contributed by atoms with Crippen LogP contribution in [0.3, 0.4) is 0 Å². The van der Waals surface area contributed by atoms with Crippen molar-refractivity contribution < 1.29 is 19.0 Å². The predicted octanol–water partition coefficient (Wildman–Crippen LogP) is 1.92. The second-order valence-electron chi connectivity index (χ2n) is 7.60. The molecule has 1 amide bonds. The number of piperazine rings is 1. The Morgan fingerprint density at radius 3 is 2.19 bits per heavy atom. The molecule has 2 aromatic rings. The summed E-state index contributed by atoms with van der Waals surface area (Å²) in [4.78, 5) is 15.6. The molecule has 0 saturated carbocycles. The van der Waals surface area contributed by atoms with Crippen molar-refractivity contribution >= 4 is 5.91 Å². The smallest absolute Gasteiger partial charge is 0.243 e. The average molecular weight is 428 g/mol. The summed E-state index contributed by atoms with van der Waals surface area (Å²) in [5, 5.41) is 0. The molecule has 0 aliphatic carbocycles. The summed E-state index contributed by atoms with van der Waals surface area (Å²) in [6, 6.07) is 19.3. The maximum atomic E-state index is 10.6. The van der Waals surface area contributed by atoms with Gasteiger partial charge >= 0.3 is 0 Å². The van der Waals surface area contributed by atoms with Gasteiger partial charge in [0, 0.05) is 32.7 Å². The van der Waals surface area contributed by atoms with Gasteiger partial charge in [-0.25, -0.2) is 0 Å². The van der Waals surface area contributed by atoms with Crippen LogP contribution < -0.4 is 10.5 Å². The fraction of sp³-hybridized carbons (Fsp3) is 0.458. The van der Waals surface area contributed by atoms with E-state index in [1.807, 2.05) is 12.1 Å². The van der Waals surface area contributed by atoms with Crippen LogP contribution in [0.5, 0.6) is 5.75 Å². The van der Waals surface area contributed by atoms with Crippen molar-refractivity contribution in [2.24, 2.45) is 5.73 Å². The predicted molar refractivity (Wildman–Crippen MR) is 120 cm³/mol. The van der Waals surface area contributed by atoms with Crippen LogP contribution in [0.15, 0.2) is 54.6 Å². The molecule has 1 saturated heterocycles. The molecule has 1 unspecified atom stereocenters. The molecule has 3 rings (SSSR count). The van der Waals surface area contributed by atoms with E-state index in [0.717, 1.165) is 38.5 Å². The number of ether oxygens (including phenoxy) is 3. The van der Waals surface area contributed by atoms with E-state index in [9.17, 15) is 4.79 Å². The van der Waals surface area contributed by atoms with Crippen molar-refractivity contribution in [1.29, 1.82) is 0 Å². The third kappa shape index (κ3) is 7.33. The zero-order chi connectivity index (χ0) is 21.9. The number of carbonyl (C=O) groups is 1. The second-order valence-corrected chi connectivity index (χ2v) is 7.60. The van der Waals surface area contributed by atoms with E-state index in [0.29, 0.717) is 19.8 Å². The number of hydrogen-bond donors (Lipinski definition) is 1. The highest BCUT2D eigenvalue weighted by Gasteiger charge is 2.26. The van der Waals surface area contributed by atoms with E-state index in [1.54, 1.807) is 7.11 Å².